The molecule has 86 valence electrons. The van der Waals surface area contributed by atoms with Crippen molar-refractivity contribution < 1.29 is 27.5 Å². The molecule has 0 fully saturated rings. The van der Waals surface area contributed by atoms with Crippen LogP contribution >= 0.6 is 0 Å². The first-order valence-electron chi connectivity index (χ1n) is 3.90. The number of carboxylic acids is 1. The molecular formula is C8H6FNO5S. The maximum absolute atomic E-state index is 13.2. The molecular weight excluding hydrogens is 241 g/mol. The summed E-state index contributed by atoms with van der Waals surface area (Å²) in [7, 11) is -3.13. The van der Waals surface area contributed by atoms with Gasteiger partial charge in [-0.1, -0.05) is 6.07 Å². The lowest BCUT2D eigenvalue weighted by molar-refractivity contribution is -0.147. The third-order valence-corrected chi connectivity index (χ3v) is 2.39. The van der Waals surface area contributed by atoms with Crippen molar-refractivity contribution in [2.45, 2.75) is 4.90 Å². The first-order chi connectivity index (χ1) is 7.43. The number of carbonyl (C=O) groups is 2. The molecule has 0 spiro atoms. The Hall–Kier alpha value is -1.96. The van der Waals surface area contributed by atoms with Crippen LogP contribution in [0.25, 0.3) is 0 Å². The number of aliphatic carboxylic acids is 1. The zero-order valence-electron chi connectivity index (χ0n) is 7.64. The number of hydrogen-bond acceptors (Lipinski definition) is 4. The molecule has 0 saturated heterocycles. The smallest absolute Gasteiger partial charge is 0.394 e. The quantitative estimate of drug-likeness (QED) is 0.497. The molecule has 0 aromatic heterocycles. The number of carbonyl (C=O) groups excluding carboxylic acids is 1. The average Bonchev–Trinajstić information content (AvgIpc) is 2.20. The van der Waals surface area contributed by atoms with E-state index < -0.39 is 39.0 Å². The Morgan fingerprint density at radius 1 is 1.31 bits per heavy atom. The van der Waals surface area contributed by atoms with Crippen molar-refractivity contribution in [3.8, 4) is 0 Å². The lowest BCUT2D eigenvalue weighted by Gasteiger charge is -2.05. The minimum absolute atomic E-state index is 0.482. The fourth-order valence-electron chi connectivity index (χ4n) is 0.956. The lowest BCUT2D eigenvalue weighted by Crippen LogP contribution is -2.23. The van der Waals surface area contributed by atoms with Gasteiger partial charge in [0.05, 0.1) is 10.6 Å². The Morgan fingerprint density at radius 3 is 2.44 bits per heavy atom. The van der Waals surface area contributed by atoms with Gasteiger partial charge in [0.1, 0.15) is 5.82 Å². The number of benzene rings is 1. The van der Waals surface area contributed by atoms with E-state index in [0.29, 0.717) is 0 Å². The topological polar surface area (TPSA) is 101 Å². The minimum atomic E-state index is -3.13. The normalized spacial score (nSPS) is 10.1. The molecule has 16 heavy (non-hydrogen) atoms. The summed E-state index contributed by atoms with van der Waals surface area (Å²) in [6, 6.07) is 3.08. The highest BCUT2D eigenvalue weighted by molar-refractivity contribution is 7.72. The highest BCUT2D eigenvalue weighted by atomic mass is 32.2. The molecule has 0 aliphatic rings. The molecule has 0 radical (unpaired) electrons. The number of thiol groups is 1. The van der Waals surface area contributed by atoms with Gasteiger partial charge < -0.3 is 10.4 Å². The average molecular weight is 247 g/mol. The molecule has 0 aliphatic carbocycles. The SMILES string of the molecule is O=C(O)C(=O)Nc1c(F)cccc1[SH](=O)=O. The molecule has 0 bridgehead atoms. The number of hydrogen-bond donors (Lipinski definition) is 3. The Labute approximate surface area is 90.7 Å². The minimum Gasteiger partial charge on any atom is -0.474 e. The predicted molar refractivity (Wildman–Crippen MR) is 51.2 cm³/mol. The van der Waals surface area contributed by atoms with Gasteiger partial charge >= 0.3 is 11.9 Å². The zero-order valence-corrected chi connectivity index (χ0v) is 8.53. The molecule has 1 rings (SSSR count). The number of rotatable bonds is 2. The van der Waals surface area contributed by atoms with E-state index in [0.717, 1.165) is 18.2 Å². The van der Waals surface area contributed by atoms with Gasteiger partial charge in [0.2, 0.25) is 0 Å². The number of anilines is 1. The van der Waals surface area contributed by atoms with E-state index in [1.54, 1.807) is 5.32 Å². The highest BCUT2D eigenvalue weighted by Crippen LogP contribution is 2.20. The van der Waals surface area contributed by atoms with Crippen LogP contribution < -0.4 is 5.32 Å². The Morgan fingerprint density at radius 2 is 1.94 bits per heavy atom. The first-order valence-corrected chi connectivity index (χ1v) is 5.08. The molecule has 1 amide bonds. The maximum Gasteiger partial charge on any atom is 0.394 e. The van der Waals surface area contributed by atoms with Crippen LogP contribution in [-0.4, -0.2) is 25.4 Å². The standard InChI is InChI=1S/C8H6FNO5S/c9-4-2-1-3-5(16(14)15)6(4)10-7(11)8(12)13/h1-3,16H,(H,10,11)(H,12,13). The molecule has 0 aliphatic heterocycles. The van der Waals surface area contributed by atoms with Crippen molar-refractivity contribution >= 4 is 28.3 Å². The number of carboxylic acid groups (broad SMARTS) is 1. The molecule has 2 N–H and O–H groups in total. The second-order valence-electron chi connectivity index (χ2n) is 2.65. The van der Waals surface area contributed by atoms with Crippen LogP contribution in [0.2, 0.25) is 0 Å². The summed E-state index contributed by atoms with van der Waals surface area (Å²) in [6.07, 6.45) is 0. The van der Waals surface area contributed by atoms with Crippen LogP contribution in [-0.2, 0) is 20.3 Å². The number of nitrogens with one attached hydrogen (secondary N) is 1. The second kappa shape index (κ2) is 4.71. The fraction of sp³-hybridized carbons (Fsp3) is 0. The predicted octanol–water partition coefficient (Wildman–Crippen LogP) is -0.181. The van der Waals surface area contributed by atoms with E-state index in [2.05, 4.69) is 0 Å². The number of amides is 1. The summed E-state index contributed by atoms with van der Waals surface area (Å²) in [5.41, 5.74) is -0.661. The molecule has 1 aromatic carbocycles. The van der Waals surface area contributed by atoms with Crippen molar-refractivity contribution in [2.75, 3.05) is 5.32 Å². The van der Waals surface area contributed by atoms with Crippen LogP contribution in [0.4, 0.5) is 10.1 Å². The van der Waals surface area contributed by atoms with Gasteiger partial charge in [-0.3, -0.25) is 4.79 Å². The van der Waals surface area contributed by atoms with Crippen molar-refractivity contribution in [3.63, 3.8) is 0 Å². The van der Waals surface area contributed by atoms with Crippen LogP contribution in [0.3, 0.4) is 0 Å². The third-order valence-electron chi connectivity index (χ3n) is 1.62. The van der Waals surface area contributed by atoms with E-state index in [1.807, 2.05) is 0 Å². The van der Waals surface area contributed by atoms with Crippen molar-refractivity contribution in [1.82, 2.24) is 0 Å². The molecule has 0 atom stereocenters. The van der Waals surface area contributed by atoms with Gasteiger partial charge in [-0.2, -0.15) is 0 Å². The molecule has 6 nitrogen and oxygen atoms in total. The summed E-state index contributed by atoms with van der Waals surface area (Å²) < 4.78 is 34.6. The molecule has 0 unspecified atom stereocenters. The van der Waals surface area contributed by atoms with Crippen LogP contribution in [0, 0.1) is 5.82 Å². The molecule has 0 heterocycles. The van der Waals surface area contributed by atoms with Gasteiger partial charge in [0.15, 0.2) is 10.7 Å². The molecule has 8 heteroatoms. The van der Waals surface area contributed by atoms with E-state index in [-0.39, 0.29) is 0 Å². The van der Waals surface area contributed by atoms with E-state index in [9.17, 15) is 22.4 Å². The third kappa shape index (κ3) is 2.54. The number of halogens is 1. The summed E-state index contributed by atoms with van der Waals surface area (Å²) in [4.78, 5) is 20.5. The lowest BCUT2D eigenvalue weighted by atomic mass is 10.3. The Balaban J connectivity index is 3.21. The molecule has 1 aromatic rings. The first kappa shape index (κ1) is 12.1. The van der Waals surface area contributed by atoms with Crippen LogP contribution in [0.15, 0.2) is 23.1 Å². The zero-order chi connectivity index (χ0) is 12.3. The van der Waals surface area contributed by atoms with Gasteiger partial charge in [0.25, 0.3) is 0 Å². The van der Waals surface area contributed by atoms with Crippen molar-refractivity contribution in [3.05, 3.63) is 24.0 Å². The summed E-state index contributed by atoms with van der Waals surface area (Å²) in [5, 5.41) is 9.94. The maximum atomic E-state index is 13.2. The van der Waals surface area contributed by atoms with Crippen LogP contribution in [0.5, 0.6) is 0 Å². The fourth-order valence-corrected chi connectivity index (χ4v) is 1.51. The Kier molecular flexibility index (Phi) is 3.56. The number of para-hydroxylation sites is 1. The van der Waals surface area contributed by atoms with Gasteiger partial charge in [-0.05, 0) is 12.1 Å². The van der Waals surface area contributed by atoms with Gasteiger partial charge in [-0.15, -0.1) is 0 Å². The monoisotopic (exact) mass is 247 g/mol. The van der Waals surface area contributed by atoms with Crippen molar-refractivity contribution in [2.24, 2.45) is 0 Å². The van der Waals surface area contributed by atoms with Crippen molar-refractivity contribution in [1.29, 1.82) is 0 Å². The van der Waals surface area contributed by atoms with Crippen LogP contribution in [0.1, 0.15) is 0 Å². The Bertz CT molecular complexity index is 517. The summed E-state index contributed by atoms with van der Waals surface area (Å²) >= 11 is 0. The second-order valence-corrected chi connectivity index (χ2v) is 3.65. The molecule has 0 saturated carbocycles. The van der Waals surface area contributed by atoms with E-state index in [4.69, 9.17) is 5.11 Å². The summed E-state index contributed by atoms with van der Waals surface area (Å²) in [5.74, 6) is -4.37. The summed E-state index contributed by atoms with van der Waals surface area (Å²) in [6.45, 7) is 0. The van der Waals surface area contributed by atoms with Gasteiger partial charge in [-0.25, -0.2) is 17.6 Å². The van der Waals surface area contributed by atoms with E-state index in [1.165, 1.54) is 0 Å². The largest absolute Gasteiger partial charge is 0.474 e. The highest BCUT2D eigenvalue weighted by Gasteiger charge is 2.17. The van der Waals surface area contributed by atoms with E-state index >= 15 is 0 Å². The van der Waals surface area contributed by atoms with Gasteiger partial charge in [0, 0.05) is 0 Å².